The number of sulfonamides is 1. The monoisotopic (exact) mass is 287 g/mol. The average molecular weight is 287 g/mol. The van der Waals surface area contributed by atoms with Crippen molar-refractivity contribution < 1.29 is 17.9 Å². The van der Waals surface area contributed by atoms with Crippen LogP contribution in [0.5, 0.6) is 5.75 Å². The molecule has 1 rings (SSSR count). The molecular weight excluding hydrogens is 270 g/mol. The van der Waals surface area contributed by atoms with Gasteiger partial charge in [-0.15, -0.1) is 0 Å². The molecule has 0 unspecified atom stereocenters. The van der Waals surface area contributed by atoms with Crippen LogP contribution in [0.2, 0.25) is 0 Å². The minimum Gasteiger partial charge on any atom is -0.497 e. The standard InChI is InChI=1S/C11H17N3O4S/c1-3-14(8-11(15)13-12)19(16,17)10-6-4-9(18-2)5-7-10/h4-7H,3,8,12H2,1-2H3,(H,13,15). The molecule has 0 saturated carbocycles. The van der Waals surface area contributed by atoms with Gasteiger partial charge >= 0.3 is 0 Å². The van der Waals surface area contributed by atoms with Gasteiger partial charge in [0.1, 0.15) is 5.75 Å². The van der Waals surface area contributed by atoms with Crippen molar-refractivity contribution in [1.29, 1.82) is 0 Å². The molecule has 1 aromatic rings. The SMILES string of the molecule is CCN(CC(=O)NN)S(=O)(=O)c1ccc(OC)cc1. The zero-order chi connectivity index (χ0) is 14.5. The van der Waals surface area contributed by atoms with Gasteiger partial charge in [-0.2, -0.15) is 4.31 Å². The van der Waals surface area contributed by atoms with Crippen molar-refractivity contribution in [2.45, 2.75) is 11.8 Å². The van der Waals surface area contributed by atoms with Crippen LogP contribution in [0.3, 0.4) is 0 Å². The summed E-state index contributed by atoms with van der Waals surface area (Å²) in [6.07, 6.45) is 0. The lowest BCUT2D eigenvalue weighted by molar-refractivity contribution is -0.121. The number of nitrogens with one attached hydrogen (secondary N) is 1. The number of likely N-dealkylation sites (N-methyl/N-ethyl adjacent to an activating group) is 1. The summed E-state index contributed by atoms with van der Waals surface area (Å²) in [5.74, 6) is 4.94. The molecule has 19 heavy (non-hydrogen) atoms. The molecule has 0 bridgehead atoms. The number of nitrogens with zero attached hydrogens (tertiary/aromatic N) is 1. The molecule has 0 saturated heterocycles. The van der Waals surface area contributed by atoms with Crippen LogP contribution in [0.25, 0.3) is 0 Å². The van der Waals surface area contributed by atoms with Gasteiger partial charge in [0, 0.05) is 6.54 Å². The number of hydrogen-bond acceptors (Lipinski definition) is 5. The molecule has 0 spiro atoms. The molecule has 0 atom stereocenters. The van der Waals surface area contributed by atoms with Crippen molar-refractivity contribution in [3.8, 4) is 5.75 Å². The van der Waals surface area contributed by atoms with E-state index in [4.69, 9.17) is 10.6 Å². The van der Waals surface area contributed by atoms with Gasteiger partial charge < -0.3 is 4.74 Å². The summed E-state index contributed by atoms with van der Waals surface area (Å²) in [4.78, 5) is 11.3. The highest BCUT2D eigenvalue weighted by Gasteiger charge is 2.24. The summed E-state index contributed by atoms with van der Waals surface area (Å²) < 4.78 is 30.6. The molecule has 106 valence electrons. The van der Waals surface area contributed by atoms with Gasteiger partial charge in [0.15, 0.2) is 0 Å². The first-order valence-corrected chi connectivity index (χ1v) is 7.03. The van der Waals surface area contributed by atoms with Crippen LogP contribution in [0.15, 0.2) is 29.2 Å². The molecule has 0 fully saturated rings. The van der Waals surface area contributed by atoms with Crippen molar-refractivity contribution in [2.75, 3.05) is 20.2 Å². The number of rotatable bonds is 6. The number of hydrazine groups is 1. The van der Waals surface area contributed by atoms with E-state index in [1.807, 2.05) is 5.43 Å². The highest BCUT2D eigenvalue weighted by Crippen LogP contribution is 2.19. The minimum atomic E-state index is -3.72. The van der Waals surface area contributed by atoms with Crippen LogP contribution in [-0.2, 0) is 14.8 Å². The number of carbonyl (C=O) groups excluding carboxylic acids is 1. The second-order valence-electron chi connectivity index (χ2n) is 3.67. The molecule has 0 aliphatic heterocycles. The van der Waals surface area contributed by atoms with Crippen LogP contribution in [0.4, 0.5) is 0 Å². The number of amides is 1. The highest BCUT2D eigenvalue weighted by molar-refractivity contribution is 7.89. The minimum absolute atomic E-state index is 0.0972. The van der Waals surface area contributed by atoms with Gasteiger partial charge in [-0.3, -0.25) is 10.2 Å². The molecule has 0 aromatic heterocycles. The summed E-state index contributed by atoms with van der Waals surface area (Å²) in [5.41, 5.74) is 1.91. The fraction of sp³-hybridized carbons (Fsp3) is 0.364. The molecule has 8 heteroatoms. The molecular formula is C11H17N3O4S. The summed E-state index contributed by atoms with van der Waals surface area (Å²) in [6, 6.07) is 5.95. The van der Waals surface area contributed by atoms with Gasteiger partial charge in [-0.25, -0.2) is 14.3 Å². The van der Waals surface area contributed by atoms with Gasteiger partial charge in [0.05, 0.1) is 18.6 Å². The van der Waals surface area contributed by atoms with Crippen LogP contribution in [0, 0.1) is 0 Å². The maximum atomic E-state index is 12.3. The second kappa shape index (κ2) is 6.50. The first kappa shape index (κ1) is 15.4. The third-order valence-electron chi connectivity index (χ3n) is 2.53. The van der Waals surface area contributed by atoms with E-state index in [1.54, 1.807) is 19.1 Å². The Morgan fingerprint density at radius 1 is 1.37 bits per heavy atom. The van der Waals surface area contributed by atoms with E-state index in [2.05, 4.69) is 0 Å². The quantitative estimate of drug-likeness (QED) is 0.425. The Balaban J connectivity index is 3.02. The van der Waals surface area contributed by atoms with Gasteiger partial charge in [0.2, 0.25) is 15.9 Å². The molecule has 1 aromatic carbocycles. The second-order valence-corrected chi connectivity index (χ2v) is 5.61. The fourth-order valence-corrected chi connectivity index (χ4v) is 2.87. The maximum absolute atomic E-state index is 12.3. The van der Waals surface area contributed by atoms with Crippen molar-refractivity contribution in [2.24, 2.45) is 5.84 Å². The van der Waals surface area contributed by atoms with E-state index < -0.39 is 15.9 Å². The van der Waals surface area contributed by atoms with Crippen molar-refractivity contribution in [3.63, 3.8) is 0 Å². The molecule has 0 aliphatic carbocycles. The van der Waals surface area contributed by atoms with Crippen molar-refractivity contribution in [1.82, 2.24) is 9.73 Å². The third-order valence-corrected chi connectivity index (χ3v) is 4.47. The van der Waals surface area contributed by atoms with Crippen LogP contribution >= 0.6 is 0 Å². The smallest absolute Gasteiger partial charge is 0.249 e. The van der Waals surface area contributed by atoms with E-state index in [1.165, 1.54) is 19.2 Å². The van der Waals surface area contributed by atoms with E-state index in [0.29, 0.717) is 5.75 Å². The topological polar surface area (TPSA) is 102 Å². The number of hydrogen-bond donors (Lipinski definition) is 2. The number of nitrogens with two attached hydrogens (primary N) is 1. The van der Waals surface area contributed by atoms with E-state index in [0.717, 1.165) is 4.31 Å². The van der Waals surface area contributed by atoms with Gasteiger partial charge in [-0.1, -0.05) is 6.92 Å². The largest absolute Gasteiger partial charge is 0.497 e. The predicted octanol–water partition coefficient (Wildman–Crippen LogP) is -0.304. The zero-order valence-electron chi connectivity index (χ0n) is 10.8. The lowest BCUT2D eigenvalue weighted by Crippen LogP contribution is -2.42. The first-order valence-electron chi connectivity index (χ1n) is 5.59. The zero-order valence-corrected chi connectivity index (χ0v) is 11.6. The van der Waals surface area contributed by atoms with E-state index in [-0.39, 0.29) is 18.0 Å². The normalized spacial score (nSPS) is 11.4. The Hall–Kier alpha value is -1.64. The fourth-order valence-electron chi connectivity index (χ4n) is 1.47. The van der Waals surface area contributed by atoms with Crippen LogP contribution < -0.4 is 16.0 Å². The molecule has 7 nitrogen and oxygen atoms in total. The van der Waals surface area contributed by atoms with Crippen LogP contribution in [-0.4, -0.2) is 38.8 Å². The average Bonchev–Trinajstić information content (AvgIpc) is 2.44. The van der Waals surface area contributed by atoms with E-state index >= 15 is 0 Å². The third kappa shape index (κ3) is 3.66. The maximum Gasteiger partial charge on any atom is 0.249 e. The molecule has 0 aliphatic rings. The Morgan fingerprint density at radius 2 is 1.95 bits per heavy atom. The first-order chi connectivity index (χ1) is 8.95. The number of benzene rings is 1. The lowest BCUT2D eigenvalue weighted by atomic mass is 10.3. The summed E-state index contributed by atoms with van der Waals surface area (Å²) >= 11 is 0. The van der Waals surface area contributed by atoms with Crippen LogP contribution in [0.1, 0.15) is 6.92 Å². The Kier molecular flexibility index (Phi) is 5.28. The Labute approximate surface area is 112 Å². The predicted molar refractivity (Wildman–Crippen MR) is 69.8 cm³/mol. The number of ether oxygens (including phenoxy) is 1. The number of carbonyl (C=O) groups is 1. The molecule has 0 heterocycles. The van der Waals surface area contributed by atoms with Crippen molar-refractivity contribution >= 4 is 15.9 Å². The lowest BCUT2D eigenvalue weighted by Gasteiger charge is -2.19. The van der Waals surface area contributed by atoms with Crippen molar-refractivity contribution in [3.05, 3.63) is 24.3 Å². The summed E-state index contributed by atoms with van der Waals surface area (Å²) in [6.45, 7) is 1.49. The molecule has 1 amide bonds. The molecule has 0 radical (unpaired) electrons. The summed E-state index contributed by atoms with van der Waals surface area (Å²) in [7, 11) is -2.23. The highest BCUT2D eigenvalue weighted by atomic mass is 32.2. The Morgan fingerprint density at radius 3 is 2.37 bits per heavy atom. The van der Waals surface area contributed by atoms with Gasteiger partial charge in [-0.05, 0) is 24.3 Å². The molecule has 3 N–H and O–H groups in total. The summed E-state index contributed by atoms with van der Waals surface area (Å²) in [5, 5.41) is 0. The van der Waals surface area contributed by atoms with E-state index in [9.17, 15) is 13.2 Å². The van der Waals surface area contributed by atoms with Gasteiger partial charge in [0.25, 0.3) is 0 Å². The number of methoxy groups -OCH3 is 1. The Bertz CT molecular complexity index is 527.